The van der Waals surface area contributed by atoms with Gasteiger partial charge in [-0.15, -0.1) is 5.10 Å². The van der Waals surface area contributed by atoms with Crippen molar-refractivity contribution in [1.82, 2.24) is 24.7 Å². The molecular formula is C15H24N6. The quantitative estimate of drug-likeness (QED) is 0.916. The van der Waals surface area contributed by atoms with Gasteiger partial charge < -0.3 is 5.32 Å². The van der Waals surface area contributed by atoms with E-state index in [9.17, 15) is 0 Å². The summed E-state index contributed by atoms with van der Waals surface area (Å²) in [5.41, 5.74) is 0.990. The van der Waals surface area contributed by atoms with Crippen LogP contribution in [0.25, 0.3) is 5.82 Å². The Morgan fingerprint density at radius 3 is 2.33 bits per heavy atom. The molecule has 0 radical (unpaired) electrons. The zero-order valence-corrected chi connectivity index (χ0v) is 13.7. The van der Waals surface area contributed by atoms with Crippen LogP contribution in [0.2, 0.25) is 0 Å². The number of hydrogen-bond acceptors (Lipinski definition) is 5. The molecule has 0 spiro atoms. The zero-order chi connectivity index (χ0) is 15.6. The van der Waals surface area contributed by atoms with Crippen LogP contribution >= 0.6 is 0 Å². The van der Waals surface area contributed by atoms with Crippen LogP contribution in [-0.2, 0) is 12.8 Å². The Balaban J connectivity index is 2.67. The average Bonchev–Trinajstić information content (AvgIpc) is 2.90. The molecule has 114 valence electrons. The minimum Gasteiger partial charge on any atom is -0.373 e. The fourth-order valence-electron chi connectivity index (χ4n) is 2.17. The molecule has 0 aliphatic heterocycles. The molecule has 0 aromatic carbocycles. The molecule has 0 unspecified atom stereocenters. The summed E-state index contributed by atoms with van der Waals surface area (Å²) in [7, 11) is 1.88. The number of hydrogen-bond donors (Lipinski definition) is 1. The van der Waals surface area contributed by atoms with Gasteiger partial charge in [0.2, 0.25) is 0 Å². The van der Waals surface area contributed by atoms with Crippen molar-refractivity contribution in [3.8, 4) is 5.82 Å². The van der Waals surface area contributed by atoms with E-state index in [4.69, 9.17) is 4.98 Å². The van der Waals surface area contributed by atoms with Gasteiger partial charge in [-0.25, -0.2) is 15.0 Å². The standard InChI is InChI=1S/C15H24N6/c1-7-11-17-12(8-2)21(20-11)15-10(5)14(16-6)18-13(19-15)9(3)4/h9H,7-8H2,1-6H3,(H,16,18,19). The molecule has 0 amide bonds. The summed E-state index contributed by atoms with van der Waals surface area (Å²) >= 11 is 0. The van der Waals surface area contributed by atoms with Crippen LogP contribution in [-0.4, -0.2) is 31.8 Å². The molecule has 0 aliphatic rings. The molecule has 0 fully saturated rings. The van der Waals surface area contributed by atoms with Gasteiger partial charge in [-0.2, -0.15) is 4.68 Å². The molecular weight excluding hydrogens is 264 g/mol. The molecule has 0 bridgehead atoms. The normalized spacial score (nSPS) is 11.2. The first-order valence-corrected chi connectivity index (χ1v) is 7.53. The topological polar surface area (TPSA) is 68.5 Å². The Morgan fingerprint density at radius 2 is 1.81 bits per heavy atom. The first-order valence-electron chi connectivity index (χ1n) is 7.53. The number of aromatic nitrogens is 5. The summed E-state index contributed by atoms with van der Waals surface area (Å²) in [5.74, 6) is 4.53. The molecule has 2 rings (SSSR count). The van der Waals surface area contributed by atoms with Crippen LogP contribution in [0.4, 0.5) is 5.82 Å². The van der Waals surface area contributed by atoms with E-state index in [-0.39, 0.29) is 5.92 Å². The highest BCUT2D eigenvalue weighted by Crippen LogP contribution is 2.22. The Hall–Kier alpha value is -1.98. The minimum atomic E-state index is 0.260. The number of nitrogens with one attached hydrogen (secondary N) is 1. The third-order valence-electron chi connectivity index (χ3n) is 3.44. The zero-order valence-electron chi connectivity index (χ0n) is 13.7. The van der Waals surface area contributed by atoms with Crippen molar-refractivity contribution in [2.45, 2.75) is 53.4 Å². The average molecular weight is 288 g/mol. The van der Waals surface area contributed by atoms with Crippen molar-refractivity contribution in [1.29, 1.82) is 0 Å². The second-order valence-corrected chi connectivity index (χ2v) is 5.35. The van der Waals surface area contributed by atoms with E-state index in [0.29, 0.717) is 0 Å². The molecule has 2 aromatic rings. The smallest absolute Gasteiger partial charge is 0.164 e. The summed E-state index contributed by atoms with van der Waals surface area (Å²) in [6.07, 6.45) is 1.64. The lowest BCUT2D eigenvalue weighted by molar-refractivity contribution is 0.718. The maximum atomic E-state index is 4.72. The second kappa shape index (κ2) is 6.20. The third-order valence-corrected chi connectivity index (χ3v) is 3.44. The van der Waals surface area contributed by atoms with Gasteiger partial charge in [-0.05, 0) is 6.92 Å². The van der Waals surface area contributed by atoms with Crippen LogP contribution in [0.1, 0.15) is 56.6 Å². The van der Waals surface area contributed by atoms with E-state index in [1.54, 1.807) is 0 Å². The molecule has 6 heteroatoms. The molecule has 0 atom stereocenters. The van der Waals surface area contributed by atoms with Gasteiger partial charge in [-0.1, -0.05) is 27.7 Å². The fourth-order valence-corrected chi connectivity index (χ4v) is 2.17. The molecule has 6 nitrogen and oxygen atoms in total. The summed E-state index contributed by atoms with van der Waals surface area (Å²) in [4.78, 5) is 13.9. The number of rotatable bonds is 5. The van der Waals surface area contributed by atoms with Crippen molar-refractivity contribution in [3.05, 3.63) is 23.0 Å². The van der Waals surface area contributed by atoms with Gasteiger partial charge in [0.05, 0.1) is 0 Å². The van der Waals surface area contributed by atoms with Crippen molar-refractivity contribution in [2.75, 3.05) is 12.4 Å². The Bertz CT molecular complexity index is 629. The Labute approximate surface area is 126 Å². The van der Waals surface area contributed by atoms with Crippen LogP contribution in [0, 0.1) is 6.92 Å². The highest BCUT2D eigenvalue weighted by molar-refractivity contribution is 5.51. The fraction of sp³-hybridized carbons (Fsp3) is 0.600. The maximum absolute atomic E-state index is 4.72. The first kappa shape index (κ1) is 15.4. The highest BCUT2D eigenvalue weighted by atomic mass is 15.4. The number of anilines is 1. The van der Waals surface area contributed by atoms with Crippen molar-refractivity contribution >= 4 is 5.82 Å². The van der Waals surface area contributed by atoms with E-state index >= 15 is 0 Å². The van der Waals surface area contributed by atoms with E-state index in [1.807, 2.05) is 18.7 Å². The summed E-state index contributed by atoms with van der Waals surface area (Å²) < 4.78 is 1.86. The van der Waals surface area contributed by atoms with Crippen LogP contribution in [0.5, 0.6) is 0 Å². The summed E-state index contributed by atoms with van der Waals surface area (Å²) in [6.45, 7) is 10.3. The van der Waals surface area contributed by atoms with E-state index in [0.717, 1.165) is 47.5 Å². The van der Waals surface area contributed by atoms with Crippen LogP contribution in [0.15, 0.2) is 0 Å². The second-order valence-electron chi connectivity index (χ2n) is 5.35. The summed E-state index contributed by atoms with van der Waals surface area (Å²) in [6, 6.07) is 0. The third kappa shape index (κ3) is 2.89. The van der Waals surface area contributed by atoms with E-state index in [2.05, 4.69) is 48.1 Å². The van der Waals surface area contributed by atoms with Gasteiger partial charge in [0.25, 0.3) is 0 Å². The SMILES string of the molecule is CCc1nc(CC)n(-c2nc(C(C)C)nc(NC)c2C)n1. The molecule has 0 saturated carbocycles. The molecule has 1 N–H and O–H groups in total. The predicted molar refractivity (Wildman–Crippen MR) is 84.1 cm³/mol. The molecule has 21 heavy (non-hydrogen) atoms. The van der Waals surface area contributed by atoms with Crippen LogP contribution < -0.4 is 5.32 Å². The molecule has 2 heterocycles. The van der Waals surface area contributed by atoms with Gasteiger partial charge in [0.1, 0.15) is 17.5 Å². The molecule has 0 saturated heterocycles. The maximum Gasteiger partial charge on any atom is 0.164 e. The Kier molecular flexibility index (Phi) is 4.55. The lowest BCUT2D eigenvalue weighted by Gasteiger charge is -2.14. The minimum absolute atomic E-state index is 0.260. The van der Waals surface area contributed by atoms with Gasteiger partial charge in [0.15, 0.2) is 11.6 Å². The molecule has 0 aliphatic carbocycles. The monoisotopic (exact) mass is 288 g/mol. The van der Waals surface area contributed by atoms with Crippen molar-refractivity contribution in [2.24, 2.45) is 0 Å². The largest absolute Gasteiger partial charge is 0.373 e. The van der Waals surface area contributed by atoms with E-state index < -0.39 is 0 Å². The van der Waals surface area contributed by atoms with Gasteiger partial charge in [-0.3, -0.25) is 0 Å². The Morgan fingerprint density at radius 1 is 1.10 bits per heavy atom. The lowest BCUT2D eigenvalue weighted by atomic mass is 10.2. The predicted octanol–water partition coefficient (Wildman–Crippen LogP) is 2.66. The van der Waals surface area contributed by atoms with E-state index in [1.165, 1.54) is 0 Å². The van der Waals surface area contributed by atoms with Crippen molar-refractivity contribution in [3.63, 3.8) is 0 Å². The summed E-state index contributed by atoms with van der Waals surface area (Å²) in [5, 5.41) is 7.74. The van der Waals surface area contributed by atoms with Crippen molar-refractivity contribution < 1.29 is 0 Å². The molecule has 2 aromatic heterocycles. The first-order chi connectivity index (χ1) is 10.0. The van der Waals surface area contributed by atoms with Gasteiger partial charge >= 0.3 is 0 Å². The number of nitrogens with zero attached hydrogens (tertiary/aromatic N) is 5. The highest BCUT2D eigenvalue weighted by Gasteiger charge is 2.17. The number of aryl methyl sites for hydroxylation is 2. The lowest BCUT2D eigenvalue weighted by Crippen LogP contribution is -2.13. The van der Waals surface area contributed by atoms with Gasteiger partial charge in [0, 0.05) is 31.4 Å². The van der Waals surface area contributed by atoms with Crippen LogP contribution in [0.3, 0.4) is 0 Å².